The number of aromatic nitrogens is 3. The van der Waals surface area contributed by atoms with E-state index in [0.29, 0.717) is 0 Å². The summed E-state index contributed by atoms with van der Waals surface area (Å²) in [6.07, 6.45) is 3.82. The van der Waals surface area contributed by atoms with Crippen LogP contribution >= 0.6 is 28.3 Å². The highest BCUT2D eigenvalue weighted by atomic mass is 79.9. The Hall–Kier alpha value is -2.37. The maximum atomic E-state index is 5.76. The van der Waals surface area contributed by atoms with Crippen molar-refractivity contribution in [2.45, 2.75) is 6.54 Å². The van der Waals surface area contributed by atoms with E-state index in [-0.39, 0.29) is 18.4 Å². The molecule has 0 amide bonds. The molecule has 4 aromatic rings. The lowest BCUT2D eigenvalue weighted by Crippen LogP contribution is -1.97. The third-order valence-electron chi connectivity index (χ3n) is 3.99. The van der Waals surface area contributed by atoms with Crippen LogP contribution in [0.3, 0.4) is 0 Å². The first kappa shape index (κ1) is 17.5. The average molecular weight is 416 g/mol. The van der Waals surface area contributed by atoms with Crippen LogP contribution in [-0.2, 0) is 6.54 Å². The van der Waals surface area contributed by atoms with Crippen LogP contribution in [0, 0.1) is 0 Å². The number of hydrogen-bond donors (Lipinski definition) is 1. The Morgan fingerprint density at radius 1 is 1.04 bits per heavy atom. The van der Waals surface area contributed by atoms with Crippen LogP contribution in [-0.4, -0.2) is 14.5 Å². The van der Waals surface area contributed by atoms with Gasteiger partial charge in [0.1, 0.15) is 0 Å². The van der Waals surface area contributed by atoms with Crippen molar-refractivity contribution in [1.29, 1.82) is 0 Å². The second-order valence-corrected chi connectivity index (χ2v) is 6.53. The summed E-state index contributed by atoms with van der Waals surface area (Å²) >= 11 is 3.56. The topological polar surface area (TPSA) is 56.7 Å². The predicted octanol–water partition coefficient (Wildman–Crippen LogP) is 4.91. The smallest absolute Gasteiger partial charge is 0.220 e. The van der Waals surface area contributed by atoms with E-state index >= 15 is 0 Å². The molecular weight excluding hydrogens is 400 g/mol. The number of hydrogen-bond acceptors (Lipinski definition) is 3. The molecule has 0 fully saturated rings. The van der Waals surface area contributed by atoms with Gasteiger partial charge < -0.3 is 10.3 Å². The van der Waals surface area contributed by atoms with Crippen molar-refractivity contribution >= 4 is 45.2 Å². The molecule has 4 rings (SSSR count). The van der Waals surface area contributed by atoms with E-state index in [1.807, 2.05) is 12.1 Å². The number of rotatable bonds is 3. The first-order valence-electron chi connectivity index (χ1n) is 7.62. The van der Waals surface area contributed by atoms with Crippen molar-refractivity contribution in [3.63, 3.8) is 0 Å². The maximum Gasteiger partial charge on any atom is 0.220 e. The molecular formula is C19H16BrClN4. The molecule has 2 aromatic carbocycles. The van der Waals surface area contributed by atoms with Crippen molar-refractivity contribution < 1.29 is 0 Å². The molecule has 0 aliphatic rings. The van der Waals surface area contributed by atoms with Crippen molar-refractivity contribution in [3.8, 4) is 11.3 Å². The lowest BCUT2D eigenvalue weighted by molar-refractivity contribution is 0.837. The van der Waals surface area contributed by atoms with Gasteiger partial charge >= 0.3 is 0 Å². The van der Waals surface area contributed by atoms with Gasteiger partial charge in [-0.2, -0.15) is 0 Å². The molecule has 0 aliphatic heterocycles. The number of fused-ring (bicyclic) bond motifs is 1. The van der Waals surface area contributed by atoms with E-state index in [4.69, 9.17) is 5.73 Å². The maximum absolute atomic E-state index is 5.76. The van der Waals surface area contributed by atoms with Crippen LogP contribution in [0.1, 0.15) is 5.56 Å². The SMILES string of the molecule is Cl.Nc1nccc(-c2cn(Cc3ccccc3)c3ccc(Br)cc23)n1. The summed E-state index contributed by atoms with van der Waals surface area (Å²) in [5, 5.41) is 1.14. The Morgan fingerprint density at radius 2 is 1.84 bits per heavy atom. The highest BCUT2D eigenvalue weighted by Gasteiger charge is 2.12. The van der Waals surface area contributed by atoms with E-state index in [0.717, 1.165) is 33.2 Å². The zero-order chi connectivity index (χ0) is 16.5. The van der Waals surface area contributed by atoms with Gasteiger partial charge in [-0.25, -0.2) is 9.97 Å². The molecule has 0 bridgehead atoms. The minimum absolute atomic E-state index is 0. The molecule has 0 saturated carbocycles. The second kappa shape index (κ2) is 7.25. The van der Waals surface area contributed by atoms with Crippen LogP contribution in [0.5, 0.6) is 0 Å². The fourth-order valence-electron chi connectivity index (χ4n) is 2.91. The molecule has 2 heterocycles. The van der Waals surface area contributed by atoms with Gasteiger partial charge in [-0.15, -0.1) is 12.4 Å². The third-order valence-corrected chi connectivity index (χ3v) is 4.48. The molecule has 0 unspecified atom stereocenters. The van der Waals surface area contributed by atoms with E-state index in [2.05, 4.69) is 79.1 Å². The molecule has 126 valence electrons. The largest absolute Gasteiger partial charge is 0.368 e. The van der Waals surface area contributed by atoms with Gasteiger partial charge in [0.2, 0.25) is 5.95 Å². The van der Waals surface area contributed by atoms with Gasteiger partial charge in [-0.1, -0.05) is 46.3 Å². The minimum atomic E-state index is 0. The number of nitrogens with zero attached hydrogens (tertiary/aromatic N) is 3. The standard InChI is InChI=1S/C19H15BrN4.ClH/c20-14-6-7-18-15(10-14)16(17-8-9-22-19(21)23-17)12-24(18)11-13-4-2-1-3-5-13;/h1-10,12H,11H2,(H2,21,22,23);1H. The number of benzene rings is 2. The molecule has 25 heavy (non-hydrogen) atoms. The van der Waals surface area contributed by atoms with Gasteiger partial charge in [0, 0.05) is 39.9 Å². The van der Waals surface area contributed by atoms with Crippen LogP contribution in [0.2, 0.25) is 0 Å². The molecule has 2 aromatic heterocycles. The summed E-state index contributed by atoms with van der Waals surface area (Å²) < 4.78 is 3.28. The molecule has 6 heteroatoms. The Bertz CT molecular complexity index is 1010. The molecule has 0 atom stereocenters. The van der Waals surface area contributed by atoms with Crippen LogP contribution < -0.4 is 5.73 Å². The first-order valence-corrected chi connectivity index (χ1v) is 8.41. The predicted molar refractivity (Wildman–Crippen MR) is 108 cm³/mol. The third kappa shape index (κ3) is 3.52. The van der Waals surface area contributed by atoms with Crippen molar-refractivity contribution in [2.24, 2.45) is 0 Å². The monoisotopic (exact) mass is 414 g/mol. The van der Waals surface area contributed by atoms with Crippen molar-refractivity contribution in [1.82, 2.24) is 14.5 Å². The molecule has 4 nitrogen and oxygen atoms in total. The fraction of sp³-hybridized carbons (Fsp3) is 0.0526. The van der Waals surface area contributed by atoms with Gasteiger partial charge in [-0.3, -0.25) is 0 Å². The number of anilines is 1. The number of nitrogens with two attached hydrogens (primary N) is 1. The lowest BCUT2D eigenvalue weighted by Gasteiger charge is -2.05. The van der Waals surface area contributed by atoms with Crippen LogP contribution in [0.4, 0.5) is 5.95 Å². The van der Waals surface area contributed by atoms with Gasteiger partial charge in [0.25, 0.3) is 0 Å². The Labute approximate surface area is 160 Å². The zero-order valence-electron chi connectivity index (χ0n) is 13.3. The van der Waals surface area contributed by atoms with Crippen molar-refractivity contribution in [2.75, 3.05) is 5.73 Å². The van der Waals surface area contributed by atoms with E-state index < -0.39 is 0 Å². The van der Waals surface area contributed by atoms with Gasteiger partial charge in [0.05, 0.1) is 5.69 Å². The highest BCUT2D eigenvalue weighted by molar-refractivity contribution is 9.10. The van der Waals surface area contributed by atoms with Gasteiger partial charge in [-0.05, 0) is 29.8 Å². The van der Waals surface area contributed by atoms with Crippen LogP contribution in [0.15, 0.2) is 71.5 Å². The van der Waals surface area contributed by atoms with E-state index in [1.54, 1.807) is 6.20 Å². The van der Waals surface area contributed by atoms with Crippen molar-refractivity contribution in [3.05, 3.63) is 77.0 Å². The lowest BCUT2D eigenvalue weighted by atomic mass is 10.1. The second-order valence-electron chi connectivity index (χ2n) is 5.62. The first-order chi connectivity index (χ1) is 11.7. The minimum Gasteiger partial charge on any atom is -0.368 e. The fourth-order valence-corrected chi connectivity index (χ4v) is 3.27. The number of halogens is 2. The molecule has 0 aliphatic carbocycles. The summed E-state index contributed by atoms with van der Waals surface area (Å²) in [5.41, 5.74) is 10.1. The normalized spacial score (nSPS) is 10.6. The van der Waals surface area contributed by atoms with Crippen LogP contribution in [0.25, 0.3) is 22.2 Å². The molecule has 0 spiro atoms. The summed E-state index contributed by atoms with van der Waals surface area (Å²) in [6.45, 7) is 0.805. The summed E-state index contributed by atoms with van der Waals surface area (Å²) in [4.78, 5) is 8.37. The van der Waals surface area contributed by atoms with Gasteiger partial charge in [0.15, 0.2) is 0 Å². The Kier molecular flexibility index (Phi) is 5.06. The molecule has 0 radical (unpaired) electrons. The zero-order valence-corrected chi connectivity index (χ0v) is 15.7. The number of nitrogen functional groups attached to an aromatic ring is 1. The summed E-state index contributed by atoms with van der Waals surface area (Å²) in [6, 6.07) is 18.6. The quantitative estimate of drug-likeness (QED) is 0.517. The van der Waals surface area contributed by atoms with E-state index in [9.17, 15) is 0 Å². The summed E-state index contributed by atoms with van der Waals surface area (Å²) in [5.74, 6) is 0.284. The average Bonchev–Trinajstić information content (AvgIpc) is 2.93. The van der Waals surface area contributed by atoms with E-state index in [1.165, 1.54) is 5.56 Å². The Balaban J connectivity index is 0.00000182. The highest BCUT2D eigenvalue weighted by Crippen LogP contribution is 2.32. The summed E-state index contributed by atoms with van der Waals surface area (Å²) in [7, 11) is 0. The molecule has 0 saturated heterocycles. The molecule has 2 N–H and O–H groups in total. The Morgan fingerprint density at radius 3 is 2.60 bits per heavy atom.